The average Bonchev–Trinajstić information content (AvgIpc) is 2.28. The van der Waals surface area contributed by atoms with Crippen LogP contribution in [0.1, 0.15) is 23.7 Å². The summed E-state index contributed by atoms with van der Waals surface area (Å²) in [5.41, 5.74) is 0.264. The average molecular weight is 258 g/mol. The summed E-state index contributed by atoms with van der Waals surface area (Å²) in [5, 5.41) is 18.8. The number of halogens is 1. The highest BCUT2D eigenvalue weighted by Gasteiger charge is 2.16. The molecule has 0 heterocycles. The van der Waals surface area contributed by atoms with Crippen LogP contribution < -0.4 is 0 Å². The number of aromatic hydroxyl groups is 1. The van der Waals surface area contributed by atoms with Crippen LogP contribution >= 0.6 is 11.6 Å². The summed E-state index contributed by atoms with van der Waals surface area (Å²) in [6.07, 6.45) is 0.0449. The van der Waals surface area contributed by atoms with Crippen molar-refractivity contribution in [1.82, 2.24) is 4.90 Å². The summed E-state index contributed by atoms with van der Waals surface area (Å²) in [6, 6.07) is 4.24. The summed E-state index contributed by atoms with van der Waals surface area (Å²) in [4.78, 5) is 13.4. The number of aliphatic hydroxyl groups excluding tert-OH is 1. The Morgan fingerprint density at radius 3 is 2.76 bits per heavy atom. The van der Waals surface area contributed by atoms with Crippen LogP contribution in [0, 0.1) is 0 Å². The maximum atomic E-state index is 12.0. The number of phenolic OH excluding ortho intramolecular Hbond substituents is 1. The smallest absolute Gasteiger partial charge is 0.255 e. The zero-order chi connectivity index (χ0) is 13.0. The Balaban J connectivity index is 2.78. The molecule has 0 saturated heterocycles. The van der Waals surface area contributed by atoms with Crippen molar-refractivity contribution in [2.24, 2.45) is 0 Å². The number of amides is 1. The van der Waals surface area contributed by atoms with E-state index in [4.69, 9.17) is 16.7 Å². The third-order valence-electron chi connectivity index (χ3n) is 2.41. The topological polar surface area (TPSA) is 60.8 Å². The van der Waals surface area contributed by atoms with Crippen molar-refractivity contribution in [3.63, 3.8) is 0 Å². The fourth-order valence-electron chi connectivity index (χ4n) is 1.36. The van der Waals surface area contributed by atoms with E-state index in [0.29, 0.717) is 18.0 Å². The van der Waals surface area contributed by atoms with Gasteiger partial charge in [-0.05, 0) is 31.5 Å². The summed E-state index contributed by atoms with van der Waals surface area (Å²) < 4.78 is 0. The quantitative estimate of drug-likeness (QED) is 0.866. The summed E-state index contributed by atoms with van der Waals surface area (Å²) in [6.45, 7) is 2.10. The van der Waals surface area contributed by atoms with E-state index in [1.54, 1.807) is 14.0 Å². The SMILES string of the molecule is CC(O)CCN(C)C(=O)c1cc(O)ccc1Cl. The van der Waals surface area contributed by atoms with Gasteiger partial charge in [0.2, 0.25) is 0 Å². The highest BCUT2D eigenvalue weighted by atomic mass is 35.5. The van der Waals surface area contributed by atoms with Crippen molar-refractivity contribution >= 4 is 17.5 Å². The third kappa shape index (κ3) is 3.91. The molecule has 5 heteroatoms. The maximum absolute atomic E-state index is 12.0. The zero-order valence-electron chi connectivity index (χ0n) is 9.85. The Kier molecular flexibility index (Phi) is 4.78. The van der Waals surface area contributed by atoms with Crippen LogP contribution in [-0.4, -0.2) is 40.7 Å². The van der Waals surface area contributed by atoms with Gasteiger partial charge in [0, 0.05) is 13.6 Å². The van der Waals surface area contributed by atoms with Crippen LogP contribution in [0.15, 0.2) is 18.2 Å². The second-order valence-corrected chi connectivity index (χ2v) is 4.44. The van der Waals surface area contributed by atoms with Gasteiger partial charge in [0.1, 0.15) is 5.75 Å². The molecule has 0 bridgehead atoms. The second kappa shape index (κ2) is 5.89. The van der Waals surface area contributed by atoms with E-state index >= 15 is 0 Å². The van der Waals surface area contributed by atoms with E-state index in [1.807, 2.05) is 0 Å². The van der Waals surface area contributed by atoms with Gasteiger partial charge in [0.25, 0.3) is 5.91 Å². The minimum Gasteiger partial charge on any atom is -0.508 e. The molecule has 1 amide bonds. The molecule has 0 aliphatic rings. The molecule has 1 atom stereocenters. The van der Waals surface area contributed by atoms with Crippen LogP contribution in [0.4, 0.5) is 0 Å². The Bertz CT molecular complexity index is 407. The molecule has 2 N–H and O–H groups in total. The van der Waals surface area contributed by atoms with Gasteiger partial charge in [-0.3, -0.25) is 4.79 Å². The third-order valence-corrected chi connectivity index (χ3v) is 2.74. The molecule has 1 unspecified atom stereocenters. The number of carbonyl (C=O) groups is 1. The molecule has 0 fully saturated rings. The first-order valence-electron chi connectivity index (χ1n) is 5.34. The number of carbonyl (C=O) groups excluding carboxylic acids is 1. The second-order valence-electron chi connectivity index (χ2n) is 4.03. The highest BCUT2D eigenvalue weighted by molar-refractivity contribution is 6.33. The summed E-state index contributed by atoms with van der Waals surface area (Å²) in [5.74, 6) is -0.270. The minimum absolute atomic E-state index is 0.00155. The van der Waals surface area contributed by atoms with E-state index in [1.165, 1.54) is 23.1 Å². The Morgan fingerprint density at radius 2 is 2.18 bits per heavy atom. The molecule has 1 aromatic rings. The van der Waals surface area contributed by atoms with Gasteiger partial charge in [-0.2, -0.15) is 0 Å². The predicted octanol–water partition coefficient (Wildman–Crippen LogP) is 1.89. The number of hydrogen-bond acceptors (Lipinski definition) is 3. The van der Waals surface area contributed by atoms with Crippen LogP contribution in [0.25, 0.3) is 0 Å². The largest absolute Gasteiger partial charge is 0.508 e. The number of aliphatic hydroxyl groups is 1. The summed E-state index contributed by atoms with van der Waals surface area (Å²) in [7, 11) is 1.63. The van der Waals surface area contributed by atoms with Crippen molar-refractivity contribution in [2.45, 2.75) is 19.4 Å². The standard InChI is InChI=1S/C12H16ClNO3/c1-8(15)5-6-14(2)12(17)10-7-9(16)3-4-11(10)13/h3-4,7-8,15-16H,5-6H2,1-2H3. The fourth-order valence-corrected chi connectivity index (χ4v) is 1.56. The van der Waals surface area contributed by atoms with Gasteiger partial charge < -0.3 is 15.1 Å². The molecule has 4 nitrogen and oxygen atoms in total. The molecular weight excluding hydrogens is 242 g/mol. The van der Waals surface area contributed by atoms with Crippen molar-refractivity contribution in [3.05, 3.63) is 28.8 Å². The molecule has 1 rings (SSSR count). The van der Waals surface area contributed by atoms with Gasteiger partial charge in [0.05, 0.1) is 16.7 Å². The van der Waals surface area contributed by atoms with Crippen molar-refractivity contribution in [1.29, 1.82) is 0 Å². The van der Waals surface area contributed by atoms with E-state index < -0.39 is 6.10 Å². The number of benzene rings is 1. The number of nitrogens with zero attached hydrogens (tertiary/aromatic N) is 1. The first-order valence-corrected chi connectivity index (χ1v) is 5.71. The first kappa shape index (κ1) is 13.8. The van der Waals surface area contributed by atoms with Crippen LogP contribution in [0.5, 0.6) is 5.75 Å². The molecule has 94 valence electrons. The van der Waals surface area contributed by atoms with Crippen LogP contribution in [0.2, 0.25) is 5.02 Å². The van der Waals surface area contributed by atoms with Gasteiger partial charge in [-0.25, -0.2) is 0 Å². The van der Waals surface area contributed by atoms with E-state index in [9.17, 15) is 9.90 Å². The van der Waals surface area contributed by atoms with Crippen LogP contribution in [0.3, 0.4) is 0 Å². The van der Waals surface area contributed by atoms with Gasteiger partial charge in [-0.1, -0.05) is 11.6 Å². The molecule has 0 spiro atoms. The van der Waals surface area contributed by atoms with Crippen LogP contribution in [-0.2, 0) is 0 Å². The lowest BCUT2D eigenvalue weighted by atomic mass is 10.2. The minimum atomic E-state index is -0.454. The van der Waals surface area contributed by atoms with Gasteiger partial charge >= 0.3 is 0 Å². The monoisotopic (exact) mass is 257 g/mol. The number of phenols is 1. The fraction of sp³-hybridized carbons (Fsp3) is 0.417. The van der Waals surface area contributed by atoms with E-state index in [2.05, 4.69) is 0 Å². The first-order chi connectivity index (χ1) is 7.91. The lowest BCUT2D eigenvalue weighted by molar-refractivity contribution is 0.0768. The van der Waals surface area contributed by atoms with E-state index in [-0.39, 0.29) is 17.2 Å². The molecule has 1 aromatic carbocycles. The Hall–Kier alpha value is -1.26. The number of hydrogen-bond donors (Lipinski definition) is 2. The van der Waals surface area contributed by atoms with Gasteiger partial charge in [0.15, 0.2) is 0 Å². The van der Waals surface area contributed by atoms with Gasteiger partial charge in [-0.15, -0.1) is 0 Å². The predicted molar refractivity (Wildman–Crippen MR) is 66.4 cm³/mol. The highest BCUT2D eigenvalue weighted by Crippen LogP contribution is 2.22. The molecule has 0 aliphatic carbocycles. The molecule has 17 heavy (non-hydrogen) atoms. The normalized spacial score (nSPS) is 12.2. The van der Waals surface area contributed by atoms with Crippen molar-refractivity contribution < 1.29 is 15.0 Å². The Morgan fingerprint density at radius 1 is 1.53 bits per heavy atom. The molecule has 0 radical (unpaired) electrons. The molecular formula is C12H16ClNO3. The summed E-state index contributed by atoms with van der Waals surface area (Å²) >= 11 is 5.89. The van der Waals surface area contributed by atoms with E-state index in [0.717, 1.165) is 0 Å². The number of rotatable bonds is 4. The molecule has 0 aliphatic heterocycles. The zero-order valence-corrected chi connectivity index (χ0v) is 10.6. The lowest BCUT2D eigenvalue weighted by Crippen LogP contribution is -2.29. The van der Waals surface area contributed by atoms with Crippen molar-refractivity contribution in [3.8, 4) is 5.75 Å². The lowest BCUT2D eigenvalue weighted by Gasteiger charge is -2.18. The van der Waals surface area contributed by atoms with Crippen molar-refractivity contribution in [2.75, 3.05) is 13.6 Å². The molecule has 0 aromatic heterocycles. The molecule has 0 saturated carbocycles. The maximum Gasteiger partial charge on any atom is 0.255 e. The Labute approximate surface area is 105 Å².